The normalized spacial score (nSPS) is 23.1. The van der Waals surface area contributed by atoms with Crippen LogP contribution in [0.4, 0.5) is 0 Å². The summed E-state index contributed by atoms with van der Waals surface area (Å²) in [4.78, 5) is 22.6. The van der Waals surface area contributed by atoms with Crippen LogP contribution in [0.2, 0.25) is 0 Å². The second kappa shape index (κ2) is 5.30. The Labute approximate surface area is 99.7 Å². The van der Waals surface area contributed by atoms with E-state index in [1.54, 1.807) is 19.1 Å². The third-order valence-corrected chi connectivity index (χ3v) is 2.75. The first-order valence-corrected chi connectivity index (χ1v) is 5.17. The zero-order valence-electron chi connectivity index (χ0n) is 9.82. The molecule has 2 unspecified atom stereocenters. The molecule has 0 amide bonds. The molecule has 17 heavy (non-hydrogen) atoms. The first kappa shape index (κ1) is 13.0. The highest BCUT2D eigenvalue weighted by Gasteiger charge is 2.31. The van der Waals surface area contributed by atoms with E-state index in [-0.39, 0.29) is 18.4 Å². The van der Waals surface area contributed by atoms with E-state index in [9.17, 15) is 9.59 Å². The molecule has 0 fully saturated rings. The summed E-state index contributed by atoms with van der Waals surface area (Å²) in [5.74, 6) is -1.16. The first-order valence-electron chi connectivity index (χ1n) is 5.17. The number of nitrogens with one attached hydrogen (secondary N) is 1. The lowest BCUT2D eigenvalue weighted by molar-refractivity contribution is -0.137. The molecular formula is C12H14N2O3. The predicted molar refractivity (Wildman–Crippen MR) is 60.6 cm³/mol. The highest BCUT2D eigenvalue weighted by atomic mass is 16.5. The van der Waals surface area contributed by atoms with Crippen LogP contribution in [0.15, 0.2) is 23.9 Å². The third-order valence-electron chi connectivity index (χ3n) is 2.75. The number of ketones is 1. The molecule has 5 heteroatoms. The Hall–Kier alpha value is -2.09. The zero-order valence-corrected chi connectivity index (χ0v) is 9.82. The maximum atomic E-state index is 11.5. The van der Waals surface area contributed by atoms with Crippen LogP contribution >= 0.6 is 0 Å². The van der Waals surface area contributed by atoms with E-state index in [2.05, 4.69) is 16.6 Å². The molecule has 0 radical (unpaired) electrons. The summed E-state index contributed by atoms with van der Waals surface area (Å²) in [7, 11) is 1.30. The molecular weight excluding hydrogens is 220 g/mol. The quantitative estimate of drug-likeness (QED) is 0.574. The highest BCUT2D eigenvalue weighted by molar-refractivity contribution is 5.94. The van der Waals surface area contributed by atoms with E-state index in [0.717, 1.165) is 0 Å². The molecule has 1 heterocycles. The number of nitrogens with zero attached hydrogens (tertiary/aromatic N) is 1. The summed E-state index contributed by atoms with van der Waals surface area (Å²) >= 11 is 0. The van der Waals surface area contributed by atoms with Gasteiger partial charge in [0.15, 0.2) is 0 Å². The Balaban J connectivity index is 2.90. The minimum atomic E-state index is -0.520. The molecule has 0 bridgehead atoms. The molecule has 0 aliphatic carbocycles. The van der Waals surface area contributed by atoms with Gasteiger partial charge in [-0.2, -0.15) is 5.26 Å². The molecule has 0 saturated heterocycles. The topological polar surface area (TPSA) is 79.2 Å². The van der Waals surface area contributed by atoms with Gasteiger partial charge in [0.2, 0.25) is 5.78 Å². The van der Waals surface area contributed by atoms with E-state index >= 15 is 0 Å². The van der Waals surface area contributed by atoms with Crippen molar-refractivity contribution >= 4 is 11.8 Å². The van der Waals surface area contributed by atoms with Crippen molar-refractivity contribution in [1.82, 2.24) is 5.32 Å². The van der Waals surface area contributed by atoms with Crippen molar-refractivity contribution in [2.24, 2.45) is 5.92 Å². The third kappa shape index (κ3) is 2.94. The van der Waals surface area contributed by atoms with Gasteiger partial charge in [0, 0.05) is 29.7 Å². The van der Waals surface area contributed by atoms with Crippen LogP contribution in [0.1, 0.15) is 13.3 Å². The second-order valence-corrected chi connectivity index (χ2v) is 3.90. The average Bonchev–Trinajstić information content (AvgIpc) is 2.32. The van der Waals surface area contributed by atoms with Gasteiger partial charge in [0.1, 0.15) is 6.07 Å². The molecule has 1 rings (SSSR count). The number of allylic oxidation sites excluding steroid dienone is 1. The number of nitriles is 1. The molecule has 1 N–H and O–H groups in total. The monoisotopic (exact) mass is 234 g/mol. The van der Waals surface area contributed by atoms with Gasteiger partial charge in [-0.3, -0.25) is 4.79 Å². The lowest BCUT2D eigenvalue weighted by Crippen LogP contribution is -2.41. The van der Waals surface area contributed by atoms with Crippen molar-refractivity contribution in [3.63, 3.8) is 0 Å². The Morgan fingerprint density at radius 2 is 2.29 bits per heavy atom. The SMILES string of the molecule is C=C1C=C(C(=O)OC)C(C)C(CC(=O)C#N)N1. The number of esters is 1. The molecule has 0 spiro atoms. The summed E-state index contributed by atoms with van der Waals surface area (Å²) in [6.07, 6.45) is 1.65. The summed E-state index contributed by atoms with van der Waals surface area (Å²) in [5, 5.41) is 11.5. The van der Waals surface area contributed by atoms with Gasteiger partial charge in [0.25, 0.3) is 0 Å². The van der Waals surface area contributed by atoms with Crippen LogP contribution in [0.5, 0.6) is 0 Å². The van der Waals surface area contributed by atoms with E-state index in [1.165, 1.54) is 7.11 Å². The number of ether oxygens (including phenoxy) is 1. The Bertz CT molecular complexity index is 432. The first-order chi connectivity index (χ1) is 7.99. The molecule has 1 aliphatic heterocycles. The standard InChI is InChI=1S/C12H14N2O3/c1-7-4-10(12(16)17-3)8(2)11(14-7)5-9(15)6-13/h4,8,11,14H,1,5H2,2-3H3. The molecule has 0 aromatic carbocycles. The number of carbonyl (C=O) groups excluding carboxylic acids is 2. The zero-order chi connectivity index (χ0) is 13.0. The van der Waals surface area contributed by atoms with Crippen molar-refractivity contribution in [1.29, 1.82) is 5.26 Å². The number of hydrogen-bond donors (Lipinski definition) is 1. The largest absolute Gasteiger partial charge is 0.466 e. The van der Waals surface area contributed by atoms with Crippen LogP contribution in [0, 0.1) is 17.2 Å². The highest BCUT2D eigenvalue weighted by Crippen LogP contribution is 2.25. The van der Waals surface area contributed by atoms with Gasteiger partial charge in [-0.05, 0) is 6.08 Å². The van der Waals surface area contributed by atoms with E-state index in [0.29, 0.717) is 11.3 Å². The average molecular weight is 234 g/mol. The second-order valence-electron chi connectivity index (χ2n) is 3.90. The van der Waals surface area contributed by atoms with Crippen molar-refractivity contribution in [3.8, 4) is 6.07 Å². The lowest BCUT2D eigenvalue weighted by Gasteiger charge is -2.30. The van der Waals surface area contributed by atoms with Crippen molar-refractivity contribution < 1.29 is 14.3 Å². The fraction of sp³-hybridized carbons (Fsp3) is 0.417. The van der Waals surface area contributed by atoms with Gasteiger partial charge in [-0.1, -0.05) is 13.5 Å². The molecule has 2 atom stereocenters. The van der Waals surface area contributed by atoms with Gasteiger partial charge in [-0.15, -0.1) is 0 Å². The molecule has 5 nitrogen and oxygen atoms in total. The van der Waals surface area contributed by atoms with Crippen LogP contribution in [-0.4, -0.2) is 24.9 Å². The minimum absolute atomic E-state index is 0.0466. The van der Waals surface area contributed by atoms with E-state index < -0.39 is 11.8 Å². The fourth-order valence-electron chi connectivity index (χ4n) is 1.78. The van der Waals surface area contributed by atoms with Crippen molar-refractivity contribution in [2.75, 3.05) is 7.11 Å². The van der Waals surface area contributed by atoms with Crippen molar-refractivity contribution in [3.05, 3.63) is 23.9 Å². The minimum Gasteiger partial charge on any atom is -0.466 e. The maximum absolute atomic E-state index is 11.5. The molecule has 1 aliphatic rings. The number of Topliss-reactive ketones (excluding diaryl/α,β-unsaturated/α-hetero) is 1. The van der Waals surface area contributed by atoms with Gasteiger partial charge in [0.05, 0.1) is 7.11 Å². The Morgan fingerprint density at radius 1 is 1.65 bits per heavy atom. The number of rotatable bonds is 3. The summed E-state index contributed by atoms with van der Waals surface area (Å²) in [6.45, 7) is 5.51. The van der Waals surface area contributed by atoms with E-state index in [1.807, 2.05) is 0 Å². The maximum Gasteiger partial charge on any atom is 0.334 e. The fourth-order valence-corrected chi connectivity index (χ4v) is 1.78. The molecule has 0 saturated carbocycles. The Kier molecular flexibility index (Phi) is 4.05. The molecule has 90 valence electrons. The van der Waals surface area contributed by atoms with Gasteiger partial charge < -0.3 is 10.1 Å². The molecule has 0 aromatic heterocycles. The molecule has 0 aromatic rings. The smallest absolute Gasteiger partial charge is 0.334 e. The van der Waals surface area contributed by atoms with Crippen LogP contribution < -0.4 is 5.32 Å². The van der Waals surface area contributed by atoms with Crippen molar-refractivity contribution in [2.45, 2.75) is 19.4 Å². The summed E-state index contributed by atoms with van der Waals surface area (Å²) in [5.41, 5.74) is 1.01. The summed E-state index contributed by atoms with van der Waals surface area (Å²) < 4.78 is 4.66. The van der Waals surface area contributed by atoms with Gasteiger partial charge >= 0.3 is 5.97 Å². The number of hydrogen-bond acceptors (Lipinski definition) is 5. The lowest BCUT2D eigenvalue weighted by atomic mass is 9.86. The van der Waals surface area contributed by atoms with Crippen LogP contribution in [0.3, 0.4) is 0 Å². The Morgan fingerprint density at radius 3 is 2.82 bits per heavy atom. The summed E-state index contributed by atoms with van der Waals surface area (Å²) in [6, 6.07) is 1.26. The van der Waals surface area contributed by atoms with Crippen LogP contribution in [-0.2, 0) is 14.3 Å². The van der Waals surface area contributed by atoms with Crippen LogP contribution in [0.25, 0.3) is 0 Å². The predicted octanol–water partition coefficient (Wildman–Crippen LogP) is 0.690. The van der Waals surface area contributed by atoms with Gasteiger partial charge in [-0.25, -0.2) is 4.79 Å². The number of carbonyl (C=O) groups is 2. The number of methoxy groups -OCH3 is 1. The van der Waals surface area contributed by atoms with E-state index in [4.69, 9.17) is 5.26 Å².